The molecule has 6 heteroatoms. The first-order valence-electron chi connectivity index (χ1n) is 21.3. The maximum Gasteiger partial charge on any atom is 3.00 e. The van der Waals surface area contributed by atoms with E-state index < -0.39 is 0 Å². The van der Waals surface area contributed by atoms with E-state index in [-0.39, 0.29) is 96.3 Å². The Morgan fingerprint density at radius 1 is 0.333 bits per heavy atom. The van der Waals surface area contributed by atoms with Crippen molar-refractivity contribution in [3.63, 3.8) is 0 Å². The van der Waals surface area contributed by atoms with Gasteiger partial charge in [-0.25, -0.2) is 24.3 Å². The van der Waals surface area contributed by atoms with Crippen LogP contribution in [0.4, 0.5) is 0 Å². The molecule has 0 heterocycles. The Labute approximate surface area is 449 Å². The van der Waals surface area contributed by atoms with Gasteiger partial charge in [-0.05, 0) is 12.8 Å². The van der Waals surface area contributed by atoms with Gasteiger partial charge in [0.1, 0.15) is 19.0 Å². The second-order valence-electron chi connectivity index (χ2n) is 14.7. The molecule has 8 aromatic carbocycles. The van der Waals surface area contributed by atoms with Crippen molar-refractivity contribution < 1.29 is 77.2 Å². The van der Waals surface area contributed by atoms with Crippen LogP contribution in [0.2, 0.25) is 0 Å². The van der Waals surface area contributed by atoms with Crippen molar-refractivity contribution in [3.8, 4) is 22.3 Å². The van der Waals surface area contributed by atoms with Crippen molar-refractivity contribution in [2.75, 3.05) is 0 Å². The van der Waals surface area contributed by atoms with E-state index in [4.69, 9.17) is 0 Å². The van der Waals surface area contributed by atoms with E-state index in [1.165, 1.54) is 65.3 Å². The number of hydrogen-bond donors (Lipinski definition) is 0. The molecule has 0 saturated carbocycles. The Morgan fingerprint density at radius 3 is 0.924 bits per heavy atom. The summed E-state index contributed by atoms with van der Waals surface area (Å²) >= 11 is 0. The Hall–Kier alpha value is -4.50. The minimum absolute atomic E-state index is 0. The summed E-state index contributed by atoms with van der Waals surface area (Å²) < 4.78 is 0. The molecule has 0 N–H and O–H groups in total. The summed E-state index contributed by atoms with van der Waals surface area (Å²) in [6.07, 6.45) is 22.1. The van der Waals surface area contributed by atoms with Crippen LogP contribution in [0.1, 0.15) is 35.1 Å². The van der Waals surface area contributed by atoms with E-state index in [9.17, 15) is 0 Å². The molecule has 12 rings (SSSR count). The summed E-state index contributed by atoms with van der Waals surface area (Å²) in [7, 11) is 0.543. The molecule has 0 unspecified atom stereocenters. The standard InChI is InChI=1S/2C13H9.2C12H11Si.2C5H5.2ClH.2Zr/c2*1-3-7-12-10(5-1)9-11-6-2-4-8-13(11)12;2*1-3-7-11(8-4-1)13-12-9-5-2-6-10-12;2*1-2-4-5-3-1;;;;/h2*1-5,7-8H,9H2;2*1-10,13H;2*1-3H,4H2;2*1H;;/q2*-1;;;2*-1;;;2*+3/p-2. The minimum atomic E-state index is 0. The van der Waals surface area contributed by atoms with Crippen molar-refractivity contribution in [1.29, 1.82) is 0 Å². The van der Waals surface area contributed by atoms with Crippen molar-refractivity contribution in [1.82, 2.24) is 0 Å². The second kappa shape index (κ2) is 32.2. The van der Waals surface area contributed by atoms with Crippen molar-refractivity contribution >= 4 is 39.8 Å². The molecule has 4 radical (unpaired) electrons. The van der Waals surface area contributed by atoms with Crippen LogP contribution in [0.15, 0.2) is 243 Å². The fourth-order valence-electron chi connectivity index (χ4n) is 7.26. The average Bonchev–Trinajstić information content (AvgIpc) is 4.21. The van der Waals surface area contributed by atoms with Gasteiger partial charge >= 0.3 is 52.4 Å². The fraction of sp³-hybridized carbons (Fsp3) is 0.0667. The molecule has 4 aliphatic carbocycles. The van der Waals surface area contributed by atoms with Crippen LogP contribution < -0.4 is 45.6 Å². The van der Waals surface area contributed by atoms with Crippen LogP contribution in [0.5, 0.6) is 0 Å². The number of rotatable bonds is 4. The SMILES string of the molecule is [C-]1=CC=CC1.[C-]1=CC=CC1.[Cl-].[Cl-].[Zr+3].[Zr+3].[c-]1cccc2c1Cc1ccccc1-2.[c-]1cccc2c1Cc1ccccc1-2.c1ccc([SiH]c2ccccc2)cc1.c1ccc([SiH]c2ccccc2)cc1. The van der Waals surface area contributed by atoms with Gasteiger partial charge in [0, 0.05) is 0 Å². The van der Waals surface area contributed by atoms with Crippen molar-refractivity contribution in [2.24, 2.45) is 0 Å². The van der Waals surface area contributed by atoms with Crippen LogP contribution in [0, 0.1) is 24.3 Å². The third-order valence-electron chi connectivity index (χ3n) is 10.3. The van der Waals surface area contributed by atoms with Crippen LogP contribution in [-0.2, 0) is 65.2 Å². The van der Waals surface area contributed by atoms with E-state index in [0.717, 1.165) is 25.7 Å². The summed E-state index contributed by atoms with van der Waals surface area (Å²) in [5, 5.41) is 5.81. The summed E-state index contributed by atoms with van der Waals surface area (Å²) in [5.41, 5.74) is 11.0. The number of allylic oxidation sites excluding steroid dienone is 8. The first-order chi connectivity index (χ1) is 30.8. The zero-order valence-corrected chi connectivity index (χ0v) is 45.6. The molecule has 0 amide bonds. The third kappa shape index (κ3) is 18.3. The monoisotopic (exact) mass is 1080 g/mol. The Bertz CT molecular complexity index is 2310. The van der Waals surface area contributed by atoms with E-state index in [1.54, 1.807) is 0 Å². The van der Waals surface area contributed by atoms with Crippen LogP contribution in [-0.4, -0.2) is 19.0 Å². The molecular formula is C60H50Cl2Si2Zr2. The quantitative estimate of drug-likeness (QED) is 0.175. The summed E-state index contributed by atoms with van der Waals surface area (Å²) in [4.78, 5) is 0. The Kier molecular flexibility index (Phi) is 27.3. The topological polar surface area (TPSA) is 0 Å². The zero-order chi connectivity index (χ0) is 42.3. The Morgan fingerprint density at radius 2 is 0.636 bits per heavy atom. The molecule has 4 aliphatic rings. The van der Waals surface area contributed by atoms with Crippen molar-refractivity contribution in [2.45, 2.75) is 25.7 Å². The maximum absolute atomic E-state index is 3.30. The number of halogens is 2. The van der Waals surface area contributed by atoms with Gasteiger partial charge in [0.05, 0.1) is 0 Å². The molecule has 0 aromatic heterocycles. The zero-order valence-electron chi connectivity index (χ0n) is 36.8. The third-order valence-corrected chi connectivity index (χ3v) is 13.1. The summed E-state index contributed by atoms with van der Waals surface area (Å²) in [6.45, 7) is 0. The van der Waals surface area contributed by atoms with Gasteiger partial charge in [-0.2, -0.15) is 71.8 Å². The van der Waals surface area contributed by atoms with Gasteiger partial charge in [0.15, 0.2) is 0 Å². The molecule has 0 saturated heterocycles. The molecule has 0 fully saturated rings. The fourth-order valence-corrected chi connectivity index (χ4v) is 9.69. The number of hydrogen-bond acceptors (Lipinski definition) is 0. The molecule has 0 bridgehead atoms. The maximum atomic E-state index is 3.30. The van der Waals surface area contributed by atoms with E-state index in [1.807, 2.05) is 36.4 Å². The van der Waals surface area contributed by atoms with Gasteiger partial charge < -0.3 is 24.8 Å². The molecular weight excluding hydrogens is 1030 g/mol. The molecule has 0 aliphatic heterocycles. The van der Waals surface area contributed by atoms with Gasteiger partial charge in [0.2, 0.25) is 0 Å². The minimum Gasteiger partial charge on any atom is -1.00 e. The number of fused-ring (bicyclic) bond motifs is 6. The van der Waals surface area contributed by atoms with Gasteiger partial charge in [-0.3, -0.25) is 12.2 Å². The van der Waals surface area contributed by atoms with Gasteiger partial charge in [0.25, 0.3) is 0 Å². The van der Waals surface area contributed by atoms with E-state index >= 15 is 0 Å². The molecule has 66 heavy (non-hydrogen) atoms. The second-order valence-corrected chi connectivity index (χ2v) is 18.0. The van der Waals surface area contributed by atoms with Crippen molar-refractivity contribution in [3.05, 3.63) is 289 Å². The van der Waals surface area contributed by atoms with E-state index in [0.29, 0.717) is 0 Å². The van der Waals surface area contributed by atoms with E-state index in [2.05, 4.69) is 231 Å². The average molecular weight is 1080 g/mol. The summed E-state index contributed by atoms with van der Waals surface area (Å²) in [6, 6.07) is 78.9. The van der Waals surface area contributed by atoms with Crippen LogP contribution in [0.3, 0.4) is 0 Å². The number of benzene rings is 8. The largest absolute Gasteiger partial charge is 3.00 e. The van der Waals surface area contributed by atoms with Gasteiger partial charge in [-0.1, -0.05) is 213 Å². The van der Waals surface area contributed by atoms with Crippen LogP contribution in [0.25, 0.3) is 22.3 Å². The first kappa shape index (κ1) is 55.8. The predicted octanol–water partition coefficient (Wildman–Crippen LogP) is 4.88. The van der Waals surface area contributed by atoms with Crippen LogP contribution >= 0.6 is 0 Å². The molecule has 0 atom stereocenters. The molecule has 320 valence electrons. The predicted molar refractivity (Wildman–Crippen MR) is 269 cm³/mol. The smallest absolute Gasteiger partial charge is 1.00 e. The molecule has 0 nitrogen and oxygen atoms in total. The normalized spacial score (nSPS) is 11.4. The van der Waals surface area contributed by atoms with Gasteiger partial charge in [-0.15, -0.1) is 24.0 Å². The molecule has 0 spiro atoms. The summed E-state index contributed by atoms with van der Waals surface area (Å²) in [5.74, 6) is 0. The Balaban J connectivity index is 0.000000214. The molecule has 8 aromatic rings. The first-order valence-corrected chi connectivity index (χ1v) is 23.6.